The quantitative estimate of drug-likeness (QED) is 0.862. The van der Waals surface area contributed by atoms with Crippen LogP contribution in [0.2, 0.25) is 0 Å². The number of benzene rings is 1. The van der Waals surface area contributed by atoms with Crippen LogP contribution >= 0.6 is 0 Å². The van der Waals surface area contributed by atoms with Crippen molar-refractivity contribution in [1.82, 2.24) is 10.3 Å². The lowest BCUT2D eigenvalue weighted by Crippen LogP contribution is -2.31. The summed E-state index contributed by atoms with van der Waals surface area (Å²) in [7, 11) is 0. The van der Waals surface area contributed by atoms with Crippen molar-refractivity contribution < 1.29 is 9.53 Å². The maximum absolute atomic E-state index is 12.6. The van der Waals surface area contributed by atoms with Crippen LogP contribution in [-0.4, -0.2) is 23.4 Å². The van der Waals surface area contributed by atoms with Gasteiger partial charge in [0.25, 0.3) is 0 Å². The van der Waals surface area contributed by atoms with E-state index in [2.05, 4.69) is 10.3 Å². The van der Waals surface area contributed by atoms with Crippen molar-refractivity contribution in [3.8, 4) is 5.75 Å². The fourth-order valence-electron chi connectivity index (χ4n) is 2.65. The third kappa shape index (κ3) is 3.34. The number of aryl methyl sites for hydroxylation is 1. The lowest BCUT2D eigenvalue weighted by atomic mass is 10.1. The predicted octanol–water partition coefficient (Wildman–Crippen LogP) is 2.90. The molecule has 1 aromatic carbocycles. The van der Waals surface area contributed by atoms with Crippen LogP contribution in [0, 0.1) is 6.92 Å². The Kier molecular flexibility index (Phi) is 4.49. The third-order valence-corrected chi connectivity index (χ3v) is 3.84. The van der Waals surface area contributed by atoms with Gasteiger partial charge in [0.2, 0.25) is 5.78 Å². The minimum Gasteiger partial charge on any atom is -0.487 e. The fourth-order valence-corrected chi connectivity index (χ4v) is 2.65. The number of pyridine rings is 1. The van der Waals surface area contributed by atoms with Crippen LogP contribution in [0.25, 0.3) is 0 Å². The van der Waals surface area contributed by atoms with Crippen LogP contribution in [0.15, 0.2) is 42.5 Å². The Morgan fingerprint density at radius 3 is 2.82 bits per heavy atom. The van der Waals surface area contributed by atoms with Gasteiger partial charge in [-0.2, -0.15) is 0 Å². The van der Waals surface area contributed by atoms with Crippen LogP contribution in [0.5, 0.6) is 5.75 Å². The summed E-state index contributed by atoms with van der Waals surface area (Å²) in [5.41, 5.74) is 2.34. The van der Waals surface area contributed by atoms with E-state index in [9.17, 15) is 4.79 Å². The molecule has 4 heteroatoms. The molecule has 1 aliphatic rings. The molecule has 3 rings (SSSR count). The third-order valence-electron chi connectivity index (χ3n) is 3.84. The molecule has 2 heterocycles. The number of carbonyl (C=O) groups is 1. The first-order valence-corrected chi connectivity index (χ1v) is 7.66. The Labute approximate surface area is 130 Å². The minimum absolute atomic E-state index is 0.0317. The predicted molar refractivity (Wildman–Crippen MR) is 85.1 cm³/mol. The molecule has 2 aromatic rings. The van der Waals surface area contributed by atoms with Crippen LogP contribution in [0.3, 0.4) is 0 Å². The molecule has 22 heavy (non-hydrogen) atoms. The van der Waals surface area contributed by atoms with Crippen LogP contribution in [-0.2, 0) is 6.61 Å². The monoisotopic (exact) mass is 296 g/mol. The summed E-state index contributed by atoms with van der Waals surface area (Å²) in [5.74, 6) is 0.595. The average Bonchev–Trinajstić information content (AvgIpc) is 3.08. The van der Waals surface area contributed by atoms with Gasteiger partial charge in [0, 0.05) is 5.69 Å². The highest BCUT2D eigenvalue weighted by Crippen LogP contribution is 2.22. The van der Waals surface area contributed by atoms with Crippen molar-refractivity contribution in [3.05, 3.63) is 59.4 Å². The van der Waals surface area contributed by atoms with Gasteiger partial charge in [-0.15, -0.1) is 0 Å². The van der Waals surface area contributed by atoms with Gasteiger partial charge < -0.3 is 10.1 Å². The van der Waals surface area contributed by atoms with Crippen molar-refractivity contribution in [1.29, 1.82) is 0 Å². The van der Waals surface area contributed by atoms with Gasteiger partial charge in [-0.25, -0.2) is 4.98 Å². The van der Waals surface area contributed by atoms with Gasteiger partial charge >= 0.3 is 0 Å². The molecule has 1 atom stereocenters. The molecule has 1 N–H and O–H groups in total. The molecule has 0 radical (unpaired) electrons. The van der Waals surface area contributed by atoms with Gasteiger partial charge in [0.05, 0.1) is 6.04 Å². The van der Waals surface area contributed by atoms with Gasteiger partial charge in [-0.1, -0.05) is 30.3 Å². The second kappa shape index (κ2) is 6.71. The maximum Gasteiger partial charge on any atom is 0.201 e. The Morgan fingerprint density at radius 2 is 2.09 bits per heavy atom. The molecule has 1 fully saturated rings. The highest BCUT2D eigenvalue weighted by molar-refractivity contribution is 6.00. The SMILES string of the molecule is Cc1ccc(OCc2ccccc2)c(C(=O)C2CCCN2)n1. The van der Waals surface area contributed by atoms with E-state index in [1.54, 1.807) is 0 Å². The summed E-state index contributed by atoms with van der Waals surface area (Å²) in [6.07, 6.45) is 1.90. The molecule has 4 nitrogen and oxygen atoms in total. The van der Waals surface area contributed by atoms with Crippen molar-refractivity contribution in [2.45, 2.75) is 32.4 Å². The molecule has 1 aromatic heterocycles. The first-order valence-electron chi connectivity index (χ1n) is 7.66. The van der Waals surface area contributed by atoms with E-state index in [-0.39, 0.29) is 11.8 Å². The zero-order valence-corrected chi connectivity index (χ0v) is 12.7. The Bertz CT molecular complexity index is 649. The lowest BCUT2D eigenvalue weighted by molar-refractivity contribution is 0.0942. The number of nitrogens with one attached hydrogen (secondary N) is 1. The number of rotatable bonds is 5. The van der Waals surface area contributed by atoms with E-state index in [1.807, 2.05) is 49.4 Å². The topological polar surface area (TPSA) is 51.2 Å². The molecule has 0 saturated carbocycles. The second-order valence-corrected chi connectivity index (χ2v) is 5.59. The number of carbonyl (C=O) groups excluding carboxylic acids is 1. The van der Waals surface area contributed by atoms with Crippen molar-refractivity contribution in [3.63, 3.8) is 0 Å². The molecule has 0 amide bonds. The Morgan fingerprint density at radius 1 is 1.27 bits per heavy atom. The number of nitrogens with zero attached hydrogens (tertiary/aromatic N) is 1. The molecule has 0 aliphatic carbocycles. The number of ketones is 1. The smallest absolute Gasteiger partial charge is 0.201 e. The molecule has 0 spiro atoms. The highest BCUT2D eigenvalue weighted by atomic mass is 16.5. The van der Waals surface area contributed by atoms with E-state index >= 15 is 0 Å². The molecule has 1 unspecified atom stereocenters. The number of hydrogen-bond acceptors (Lipinski definition) is 4. The summed E-state index contributed by atoms with van der Waals surface area (Å²) < 4.78 is 5.85. The summed E-state index contributed by atoms with van der Waals surface area (Å²) in [6, 6.07) is 13.5. The van der Waals surface area contributed by atoms with Crippen LogP contribution in [0.1, 0.15) is 34.6 Å². The first-order chi connectivity index (χ1) is 10.7. The normalized spacial score (nSPS) is 17.4. The summed E-state index contributed by atoms with van der Waals surface area (Å²) in [6.45, 7) is 3.21. The zero-order valence-electron chi connectivity index (χ0n) is 12.7. The molecular weight excluding hydrogens is 276 g/mol. The number of aromatic nitrogens is 1. The zero-order chi connectivity index (χ0) is 15.4. The van der Waals surface area contributed by atoms with Crippen LogP contribution < -0.4 is 10.1 Å². The summed E-state index contributed by atoms with van der Waals surface area (Å²) in [4.78, 5) is 17.0. The highest BCUT2D eigenvalue weighted by Gasteiger charge is 2.27. The lowest BCUT2D eigenvalue weighted by Gasteiger charge is -2.14. The molecule has 1 saturated heterocycles. The van der Waals surface area contributed by atoms with Crippen molar-refractivity contribution in [2.24, 2.45) is 0 Å². The molecule has 1 aliphatic heterocycles. The largest absolute Gasteiger partial charge is 0.487 e. The van der Waals surface area contributed by atoms with Crippen LogP contribution in [0.4, 0.5) is 0 Å². The Hall–Kier alpha value is -2.20. The fraction of sp³-hybridized carbons (Fsp3) is 0.333. The van der Waals surface area contributed by atoms with Crippen molar-refractivity contribution >= 4 is 5.78 Å². The number of ether oxygens (including phenoxy) is 1. The number of hydrogen-bond donors (Lipinski definition) is 1. The minimum atomic E-state index is -0.131. The van der Waals surface area contributed by atoms with E-state index < -0.39 is 0 Å². The molecule has 0 bridgehead atoms. The summed E-state index contributed by atoms with van der Waals surface area (Å²) in [5, 5.41) is 3.23. The van der Waals surface area contributed by atoms with Gasteiger partial charge in [0.15, 0.2) is 0 Å². The Balaban J connectivity index is 1.79. The average molecular weight is 296 g/mol. The maximum atomic E-state index is 12.6. The molecular formula is C18H20N2O2. The van der Waals surface area contributed by atoms with E-state index in [1.165, 1.54) is 0 Å². The number of Topliss-reactive ketones (excluding diaryl/α,β-unsaturated/α-hetero) is 1. The van der Waals surface area contributed by atoms with Gasteiger partial charge in [-0.05, 0) is 44.0 Å². The standard InChI is InChI=1S/C18H20N2O2/c1-13-9-10-16(22-12-14-6-3-2-4-7-14)17(20-13)18(21)15-8-5-11-19-15/h2-4,6-7,9-10,15,19H,5,8,11-12H2,1H3. The molecule has 114 valence electrons. The van der Waals surface area contributed by atoms with E-state index in [0.717, 1.165) is 30.6 Å². The first kappa shape index (κ1) is 14.7. The van der Waals surface area contributed by atoms with Gasteiger partial charge in [-0.3, -0.25) is 4.79 Å². The van der Waals surface area contributed by atoms with E-state index in [0.29, 0.717) is 18.1 Å². The summed E-state index contributed by atoms with van der Waals surface area (Å²) >= 11 is 0. The second-order valence-electron chi connectivity index (χ2n) is 5.59. The van der Waals surface area contributed by atoms with E-state index in [4.69, 9.17) is 4.74 Å². The van der Waals surface area contributed by atoms with Crippen molar-refractivity contribution in [2.75, 3.05) is 6.54 Å². The van der Waals surface area contributed by atoms with Gasteiger partial charge in [0.1, 0.15) is 18.1 Å².